The lowest BCUT2D eigenvalue weighted by molar-refractivity contribution is 0.683. The van der Waals surface area contributed by atoms with Crippen molar-refractivity contribution in [3.63, 3.8) is 0 Å². The summed E-state index contributed by atoms with van der Waals surface area (Å²) in [6.45, 7) is 1.97. The van der Waals surface area contributed by atoms with Crippen LogP contribution in [0.4, 0.5) is 5.69 Å². The molecule has 1 unspecified atom stereocenters. The maximum absolute atomic E-state index is 12.5. The van der Waals surface area contributed by atoms with E-state index in [0.717, 1.165) is 22.0 Å². The Balaban J connectivity index is 1.90. The molecular formula is C17H16N2OS. The van der Waals surface area contributed by atoms with E-state index < -0.39 is 10.8 Å². The molecule has 0 amide bonds. The summed E-state index contributed by atoms with van der Waals surface area (Å²) in [4.78, 5) is 5.00. The summed E-state index contributed by atoms with van der Waals surface area (Å²) in [5.41, 5.74) is 9.55. The number of hydrogen-bond acceptors (Lipinski definition) is 3. The maximum atomic E-state index is 12.5. The topological polar surface area (TPSA) is 56.0 Å². The Kier molecular flexibility index (Phi) is 3.71. The minimum Gasteiger partial charge on any atom is -0.398 e. The predicted molar refractivity (Wildman–Crippen MR) is 87.4 cm³/mol. The van der Waals surface area contributed by atoms with Crippen molar-refractivity contribution in [3.05, 3.63) is 65.9 Å². The monoisotopic (exact) mass is 296 g/mol. The van der Waals surface area contributed by atoms with E-state index in [2.05, 4.69) is 4.98 Å². The zero-order valence-corrected chi connectivity index (χ0v) is 12.6. The lowest BCUT2D eigenvalue weighted by Crippen LogP contribution is -2.01. The average Bonchev–Trinajstić information content (AvgIpc) is 2.49. The number of aryl methyl sites for hydroxylation is 1. The summed E-state index contributed by atoms with van der Waals surface area (Å²) in [5.74, 6) is 0.457. The molecule has 0 saturated carbocycles. The van der Waals surface area contributed by atoms with Gasteiger partial charge in [-0.05, 0) is 48.4 Å². The molecule has 0 saturated heterocycles. The zero-order valence-electron chi connectivity index (χ0n) is 11.7. The molecule has 0 radical (unpaired) electrons. The van der Waals surface area contributed by atoms with Crippen LogP contribution in [0.3, 0.4) is 0 Å². The van der Waals surface area contributed by atoms with Gasteiger partial charge >= 0.3 is 0 Å². The Bertz CT molecular complexity index is 830. The van der Waals surface area contributed by atoms with Gasteiger partial charge in [0.05, 0.1) is 27.0 Å². The number of aromatic nitrogens is 1. The number of benzene rings is 2. The molecule has 0 aliphatic rings. The lowest BCUT2D eigenvalue weighted by atomic mass is 10.1. The van der Waals surface area contributed by atoms with E-state index in [1.165, 1.54) is 0 Å². The van der Waals surface area contributed by atoms with E-state index in [-0.39, 0.29) is 0 Å². The van der Waals surface area contributed by atoms with Crippen LogP contribution in [0.5, 0.6) is 0 Å². The van der Waals surface area contributed by atoms with Gasteiger partial charge in [0.1, 0.15) is 0 Å². The van der Waals surface area contributed by atoms with Crippen LogP contribution in [0.1, 0.15) is 11.1 Å². The van der Waals surface area contributed by atoms with Gasteiger partial charge in [-0.2, -0.15) is 0 Å². The van der Waals surface area contributed by atoms with Gasteiger partial charge in [-0.1, -0.05) is 18.2 Å². The van der Waals surface area contributed by atoms with Gasteiger partial charge in [-0.3, -0.25) is 9.19 Å². The summed E-state index contributed by atoms with van der Waals surface area (Å²) in [7, 11) is -1.14. The van der Waals surface area contributed by atoms with E-state index in [4.69, 9.17) is 5.73 Å². The molecule has 3 nitrogen and oxygen atoms in total. The second-order valence-electron chi connectivity index (χ2n) is 5.06. The quantitative estimate of drug-likeness (QED) is 0.753. The number of hydrogen-bond donors (Lipinski definition) is 1. The molecule has 1 heterocycles. The molecule has 2 aromatic carbocycles. The molecule has 0 aliphatic carbocycles. The highest BCUT2D eigenvalue weighted by atomic mass is 32.2. The molecular weight excluding hydrogens is 280 g/mol. The van der Waals surface area contributed by atoms with Gasteiger partial charge in [0.25, 0.3) is 0 Å². The third-order valence-electron chi connectivity index (χ3n) is 3.38. The van der Waals surface area contributed by atoms with Gasteiger partial charge in [-0.15, -0.1) is 0 Å². The van der Waals surface area contributed by atoms with Gasteiger partial charge in [0, 0.05) is 17.3 Å². The first-order chi connectivity index (χ1) is 10.1. The third kappa shape index (κ3) is 2.95. The molecule has 0 fully saturated rings. The number of pyridine rings is 1. The number of anilines is 1. The van der Waals surface area contributed by atoms with E-state index >= 15 is 0 Å². The highest BCUT2D eigenvalue weighted by Gasteiger charge is 2.10. The number of nitrogens with two attached hydrogens (primary N) is 1. The fraction of sp³-hybridized carbons (Fsp3) is 0.118. The Morgan fingerprint density at radius 3 is 2.86 bits per heavy atom. The molecule has 0 bridgehead atoms. The van der Waals surface area contributed by atoms with Gasteiger partial charge in [0.2, 0.25) is 0 Å². The van der Waals surface area contributed by atoms with Crippen LogP contribution in [0.2, 0.25) is 0 Å². The Morgan fingerprint density at radius 1 is 1.14 bits per heavy atom. The summed E-state index contributed by atoms with van der Waals surface area (Å²) in [6, 6.07) is 15.5. The van der Waals surface area contributed by atoms with Crippen LogP contribution in [-0.2, 0) is 16.6 Å². The van der Waals surface area contributed by atoms with Crippen molar-refractivity contribution in [2.45, 2.75) is 17.6 Å². The van der Waals surface area contributed by atoms with Crippen molar-refractivity contribution in [1.29, 1.82) is 0 Å². The van der Waals surface area contributed by atoms with E-state index in [9.17, 15) is 4.21 Å². The largest absolute Gasteiger partial charge is 0.398 e. The molecule has 106 valence electrons. The fourth-order valence-electron chi connectivity index (χ4n) is 2.28. The van der Waals surface area contributed by atoms with Gasteiger partial charge in [0.15, 0.2) is 0 Å². The van der Waals surface area contributed by atoms with Gasteiger partial charge < -0.3 is 5.73 Å². The molecule has 0 spiro atoms. The molecule has 3 aromatic rings. The minimum atomic E-state index is -1.14. The smallest absolute Gasteiger partial charge is 0.0702 e. The normalized spacial score (nSPS) is 12.4. The highest BCUT2D eigenvalue weighted by molar-refractivity contribution is 7.84. The third-order valence-corrected chi connectivity index (χ3v) is 4.82. The lowest BCUT2D eigenvalue weighted by Gasteiger charge is -2.08. The van der Waals surface area contributed by atoms with Crippen LogP contribution >= 0.6 is 0 Å². The molecule has 1 atom stereocenters. The van der Waals surface area contributed by atoms with Crippen molar-refractivity contribution < 1.29 is 4.21 Å². The predicted octanol–water partition coefficient (Wildman–Crippen LogP) is 3.43. The van der Waals surface area contributed by atoms with Crippen LogP contribution in [-0.4, -0.2) is 9.19 Å². The van der Waals surface area contributed by atoms with Gasteiger partial charge in [-0.25, -0.2) is 0 Å². The summed E-state index contributed by atoms with van der Waals surface area (Å²) in [5, 5.41) is 1.06. The summed E-state index contributed by atoms with van der Waals surface area (Å²) in [6.07, 6.45) is 1.77. The number of fused-ring (bicyclic) bond motifs is 1. The van der Waals surface area contributed by atoms with Crippen molar-refractivity contribution in [2.24, 2.45) is 0 Å². The maximum Gasteiger partial charge on any atom is 0.0702 e. The second kappa shape index (κ2) is 5.66. The molecule has 2 N–H and O–H groups in total. The van der Waals surface area contributed by atoms with Crippen LogP contribution < -0.4 is 5.73 Å². The summed E-state index contributed by atoms with van der Waals surface area (Å²) < 4.78 is 12.5. The van der Waals surface area contributed by atoms with E-state index in [1.54, 1.807) is 6.20 Å². The molecule has 21 heavy (non-hydrogen) atoms. The van der Waals surface area contributed by atoms with Crippen molar-refractivity contribution in [2.75, 3.05) is 5.73 Å². The van der Waals surface area contributed by atoms with Crippen LogP contribution in [0, 0.1) is 6.92 Å². The first-order valence-corrected chi connectivity index (χ1v) is 8.03. The van der Waals surface area contributed by atoms with Crippen molar-refractivity contribution >= 4 is 27.4 Å². The zero-order chi connectivity index (χ0) is 14.8. The van der Waals surface area contributed by atoms with Crippen LogP contribution in [0.25, 0.3) is 10.9 Å². The summed E-state index contributed by atoms with van der Waals surface area (Å²) >= 11 is 0. The molecule has 1 aromatic heterocycles. The first-order valence-electron chi connectivity index (χ1n) is 6.71. The molecule has 3 rings (SSSR count). The standard InChI is InChI=1S/C17H16N2OS/c1-12-4-6-15(18)17(9-12)21(20)11-13-5-7-16-14(10-13)3-2-8-19-16/h2-10H,11,18H2,1H3. The SMILES string of the molecule is Cc1ccc(N)c(S(=O)Cc2ccc3ncccc3c2)c1. The molecule has 0 aliphatic heterocycles. The Labute approximate surface area is 126 Å². The number of rotatable bonds is 3. The first kappa shape index (κ1) is 13.8. The van der Waals surface area contributed by atoms with Crippen molar-refractivity contribution in [1.82, 2.24) is 4.98 Å². The minimum absolute atomic E-state index is 0.457. The second-order valence-corrected chi connectivity index (χ2v) is 6.48. The highest BCUT2D eigenvalue weighted by Crippen LogP contribution is 2.22. The number of nitrogen functional groups attached to an aromatic ring is 1. The average molecular weight is 296 g/mol. The molecule has 4 heteroatoms. The Hall–Kier alpha value is -2.20. The van der Waals surface area contributed by atoms with Crippen LogP contribution in [0.15, 0.2) is 59.6 Å². The number of nitrogens with zero attached hydrogens (tertiary/aromatic N) is 1. The van der Waals surface area contributed by atoms with E-state index in [0.29, 0.717) is 16.3 Å². The Morgan fingerprint density at radius 2 is 2.00 bits per heavy atom. The van der Waals surface area contributed by atoms with E-state index in [1.807, 2.05) is 55.5 Å². The van der Waals surface area contributed by atoms with Crippen molar-refractivity contribution in [3.8, 4) is 0 Å². The fourth-order valence-corrected chi connectivity index (χ4v) is 3.57.